The van der Waals surface area contributed by atoms with Crippen molar-refractivity contribution in [3.8, 4) is 0 Å². The number of likely N-dealkylation sites (tertiary alicyclic amines) is 1. The molecule has 2 N–H and O–H groups in total. The molecule has 1 aromatic heterocycles. The third kappa shape index (κ3) is 2.39. The average Bonchev–Trinajstić information content (AvgIpc) is 3.04. The average molecular weight is 296 g/mol. The highest BCUT2D eigenvalue weighted by Gasteiger charge is 2.34. The second kappa shape index (κ2) is 5.17. The molecule has 0 aromatic carbocycles. The normalized spacial score (nSPS) is 22.3. The van der Waals surface area contributed by atoms with Crippen molar-refractivity contribution in [1.82, 2.24) is 4.90 Å². The minimum atomic E-state index is -0.416. The zero-order chi connectivity index (χ0) is 13.4. The van der Waals surface area contributed by atoms with Crippen LogP contribution in [-0.4, -0.2) is 35.1 Å². The minimum absolute atomic E-state index is 0.0225. The van der Waals surface area contributed by atoms with Crippen molar-refractivity contribution in [2.45, 2.75) is 31.1 Å². The summed E-state index contributed by atoms with van der Waals surface area (Å²) in [7, 11) is 0. The number of carbonyl (C=O) groups is 2. The van der Waals surface area contributed by atoms with E-state index in [-0.39, 0.29) is 11.8 Å². The fourth-order valence-electron chi connectivity index (χ4n) is 2.70. The van der Waals surface area contributed by atoms with Gasteiger partial charge in [-0.3, -0.25) is 9.59 Å². The molecule has 1 atom stereocenters. The highest BCUT2D eigenvalue weighted by molar-refractivity contribution is 7.98. The van der Waals surface area contributed by atoms with Crippen LogP contribution in [0.4, 0.5) is 0 Å². The zero-order valence-electron chi connectivity index (χ0n) is 10.6. The molecule has 1 fully saturated rings. The maximum Gasteiger partial charge on any atom is 0.264 e. The van der Waals surface area contributed by atoms with Gasteiger partial charge >= 0.3 is 0 Å². The van der Waals surface area contributed by atoms with Gasteiger partial charge in [0.05, 0.1) is 4.88 Å². The van der Waals surface area contributed by atoms with E-state index in [0.29, 0.717) is 13.0 Å². The van der Waals surface area contributed by atoms with Gasteiger partial charge in [-0.1, -0.05) is 0 Å². The Morgan fingerprint density at radius 2 is 2.26 bits per heavy atom. The van der Waals surface area contributed by atoms with Crippen LogP contribution >= 0.6 is 23.1 Å². The number of amides is 2. The van der Waals surface area contributed by atoms with Crippen LogP contribution in [0.1, 0.15) is 33.0 Å². The molecule has 4 nitrogen and oxygen atoms in total. The molecule has 102 valence electrons. The van der Waals surface area contributed by atoms with Crippen LogP contribution in [0.15, 0.2) is 6.07 Å². The van der Waals surface area contributed by atoms with E-state index >= 15 is 0 Å². The van der Waals surface area contributed by atoms with Crippen molar-refractivity contribution in [3.05, 3.63) is 21.4 Å². The van der Waals surface area contributed by atoms with Crippen LogP contribution < -0.4 is 5.73 Å². The Balaban J connectivity index is 1.83. The number of nitrogens with zero attached hydrogens (tertiary/aromatic N) is 1. The molecule has 0 radical (unpaired) electrons. The van der Waals surface area contributed by atoms with Crippen LogP contribution in [0, 0.1) is 0 Å². The number of fused-ring (bicyclic) bond motifs is 1. The lowest BCUT2D eigenvalue weighted by Crippen LogP contribution is -2.43. The Hall–Kier alpha value is -1.01. The van der Waals surface area contributed by atoms with Crippen molar-refractivity contribution in [2.75, 3.05) is 12.3 Å². The summed E-state index contributed by atoms with van der Waals surface area (Å²) in [5.41, 5.74) is 6.66. The lowest BCUT2D eigenvalue weighted by Gasteiger charge is -2.21. The van der Waals surface area contributed by atoms with Crippen LogP contribution in [0.2, 0.25) is 0 Å². The maximum absolute atomic E-state index is 12.5. The SMILES string of the molecule is NC(=O)C1CCCN1C(=O)c1cc2c(s1)CCSC2. The lowest BCUT2D eigenvalue weighted by molar-refractivity contribution is -0.121. The van der Waals surface area contributed by atoms with Crippen molar-refractivity contribution in [3.63, 3.8) is 0 Å². The first-order chi connectivity index (χ1) is 9.16. The Labute approximate surface area is 120 Å². The van der Waals surface area contributed by atoms with Gasteiger partial charge in [-0.25, -0.2) is 0 Å². The van der Waals surface area contributed by atoms with Crippen molar-refractivity contribution in [1.29, 1.82) is 0 Å². The van der Waals surface area contributed by atoms with Gasteiger partial charge in [-0.05, 0) is 36.6 Å². The van der Waals surface area contributed by atoms with Crippen LogP contribution in [-0.2, 0) is 17.0 Å². The molecule has 2 aliphatic rings. The summed E-state index contributed by atoms with van der Waals surface area (Å²) in [5, 5.41) is 0. The van der Waals surface area contributed by atoms with Gasteiger partial charge in [0.1, 0.15) is 6.04 Å². The van der Waals surface area contributed by atoms with Gasteiger partial charge in [0.15, 0.2) is 0 Å². The number of hydrogen-bond donors (Lipinski definition) is 1. The summed E-state index contributed by atoms with van der Waals surface area (Å²) in [5.74, 6) is 1.72. The molecule has 1 saturated heterocycles. The highest BCUT2D eigenvalue weighted by Crippen LogP contribution is 2.33. The smallest absolute Gasteiger partial charge is 0.264 e. The molecule has 6 heteroatoms. The van der Waals surface area contributed by atoms with Gasteiger partial charge in [0.2, 0.25) is 5.91 Å². The van der Waals surface area contributed by atoms with Crippen LogP contribution in [0.5, 0.6) is 0 Å². The molecule has 2 aliphatic heterocycles. The number of carbonyl (C=O) groups excluding carboxylic acids is 2. The predicted octanol–water partition coefficient (Wildman–Crippen LogP) is 1.63. The largest absolute Gasteiger partial charge is 0.368 e. The van der Waals surface area contributed by atoms with Gasteiger partial charge in [0.25, 0.3) is 5.91 Å². The maximum atomic E-state index is 12.5. The summed E-state index contributed by atoms with van der Waals surface area (Å²) < 4.78 is 0. The number of primary amides is 1. The van der Waals surface area contributed by atoms with E-state index in [1.165, 1.54) is 10.4 Å². The molecule has 3 heterocycles. The molecule has 1 unspecified atom stereocenters. The third-order valence-corrected chi connectivity index (χ3v) is 5.91. The third-order valence-electron chi connectivity index (χ3n) is 3.68. The topological polar surface area (TPSA) is 63.4 Å². The second-order valence-corrected chi connectivity index (χ2v) is 7.16. The van der Waals surface area contributed by atoms with E-state index in [1.54, 1.807) is 16.2 Å². The first-order valence-corrected chi connectivity index (χ1v) is 8.43. The van der Waals surface area contributed by atoms with Crippen molar-refractivity contribution in [2.24, 2.45) is 5.73 Å². The number of nitrogens with two attached hydrogens (primary N) is 1. The van der Waals surface area contributed by atoms with E-state index in [1.807, 2.05) is 17.8 Å². The van der Waals surface area contributed by atoms with E-state index in [2.05, 4.69) is 0 Å². The number of hydrogen-bond acceptors (Lipinski definition) is 4. The van der Waals surface area contributed by atoms with Gasteiger partial charge in [-0.2, -0.15) is 11.8 Å². The zero-order valence-corrected chi connectivity index (χ0v) is 12.2. The molecule has 0 saturated carbocycles. The van der Waals surface area contributed by atoms with Crippen LogP contribution in [0.25, 0.3) is 0 Å². The molecular weight excluding hydrogens is 280 g/mol. The molecule has 2 amide bonds. The van der Waals surface area contributed by atoms with Gasteiger partial charge < -0.3 is 10.6 Å². The first kappa shape index (κ1) is 13.0. The molecule has 0 aliphatic carbocycles. The summed E-state index contributed by atoms with van der Waals surface area (Å²) in [6.45, 7) is 0.643. The first-order valence-electron chi connectivity index (χ1n) is 6.46. The van der Waals surface area contributed by atoms with E-state index in [4.69, 9.17) is 5.73 Å². The summed E-state index contributed by atoms with van der Waals surface area (Å²) in [4.78, 5) is 27.6. The fraction of sp³-hybridized carbons (Fsp3) is 0.538. The molecule has 0 spiro atoms. The van der Waals surface area contributed by atoms with E-state index in [9.17, 15) is 9.59 Å². The Kier molecular flexibility index (Phi) is 3.54. The van der Waals surface area contributed by atoms with Crippen LogP contribution in [0.3, 0.4) is 0 Å². The monoisotopic (exact) mass is 296 g/mol. The molecule has 1 aromatic rings. The number of aryl methyl sites for hydroxylation is 1. The Bertz CT molecular complexity index is 503. The highest BCUT2D eigenvalue weighted by atomic mass is 32.2. The lowest BCUT2D eigenvalue weighted by atomic mass is 10.2. The quantitative estimate of drug-likeness (QED) is 0.902. The van der Waals surface area contributed by atoms with Gasteiger partial charge in [-0.15, -0.1) is 11.3 Å². The second-order valence-electron chi connectivity index (χ2n) is 4.92. The number of rotatable bonds is 2. The minimum Gasteiger partial charge on any atom is -0.368 e. The Morgan fingerprint density at radius 3 is 3.00 bits per heavy atom. The number of thiophene rings is 1. The van der Waals surface area contributed by atoms with E-state index < -0.39 is 6.04 Å². The molecule has 3 rings (SSSR count). The predicted molar refractivity (Wildman–Crippen MR) is 77.4 cm³/mol. The summed E-state index contributed by atoms with van der Waals surface area (Å²) in [6, 6.07) is 1.59. The standard InChI is InChI=1S/C13H16N2O2S2/c14-12(16)9-2-1-4-15(9)13(17)11-6-8-7-18-5-3-10(8)19-11/h6,9H,1-5,7H2,(H2,14,16). The molecule has 0 bridgehead atoms. The van der Waals surface area contributed by atoms with Gasteiger partial charge in [0, 0.05) is 17.2 Å². The molecule has 19 heavy (non-hydrogen) atoms. The van der Waals surface area contributed by atoms with E-state index in [0.717, 1.165) is 29.2 Å². The van der Waals surface area contributed by atoms with Crippen molar-refractivity contribution < 1.29 is 9.59 Å². The van der Waals surface area contributed by atoms with Crippen molar-refractivity contribution >= 4 is 34.9 Å². The summed E-state index contributed by atoms with van der Waals surface area (Å²) >= 11 is 3.50. The Morgan fingerprint density at radius 1 is 1.42 bits per heavy atom. The number of thioether (sulfide) groups is 1. The summed E-state index contributed by atoms with van der Waals surface area (Å²) in [6.07, 6.45) is 2.61. The fourth-order valence-corrected chi connectivity index (χ4v) is 5.03. The molecular formula is C13H16N2O2S2.